The molecule has 3 rings (SSSR count). The fourth-order valence-corrected chi connectivity index (χ4v) is 5.13. The number of benzene rings is 3. The SMILES string of the molecule is COC(=O)CC(SC(c1ccccc1)(c1ccccc1)c1ccccc1)C(=O)OC. The van der Waals surface area contributed by atoms with Crippen LogP contribution in [-0.2, 0) is 23.8 Å². The normalized spacial score (nSPS) is 12.1. The molecule has 0 aliphatic carbocycles. The van der Waals surface area contributed by atoms with Crippen molar-refractivity contribution in [2.24, 2.45) is 0 Å². The van der Waals surface area contributed by atoms with Crippen LogP contribution in [-0.4, -0.2) is 31.4 Å². The van der Waals surface area contributed by atoms with E-state index in [1.807, 2.05) is 91.0 Å². The van der Waals surface area contributed by atoms with Gasteiger partial charge in [0.25, 0.3) is 0 Å². The maximum Gasteiger partial charge on any atom is 0.319 e. The van der Waals surface area contributed by atoms with Crippen molar-refractivity contribution in [2.45, 2.75) is 16.4 Å². The monoisotopic (exact) mass is 420 g/mol. The summed E-state index contributed by atoms with van der Waals surface area (Å²) in [6.07, 6.45) is -0.0813. The average Bonchev–Trinajstić information content (AvgIpc) is 2.82. The number of carbonyl (C=O) groups is 2. The van der Waals surface area contributed by atoms with E-state index in [2.05, 4.69) is 0 Å². The number of rotatable bonds is 8. The van der Waals surface area contributed by atoms with Crippen molar-refractivity contribution in [2.75, 3.05) is 14.2 Å². The zero-order valence-electron chi connectivity index (χ0n) is 17.0. The van der Waals surface area contributed by atoms with Crippen molar-refractivity contribution >= 4 is 23.7 Å². The van der Waals surface area contributed by atoms with Crippen molar-refractivity contribution in [1.29, 1.82) is 0 Å². The maximum absolute atomic E-state index is 12.7. The van der Waals surface area contributed by atoms with E-state index in [1.165, 1.54) is 26.0 Å². The maximum atomic E-state index is 12.7. The number of esters is 2. The minimum Gasteiger partial charge on any atom is -0.469 e. The van der Waals surface area contributed by atoms with E-state index in [0.717, 1.165) is 16.7 Å². The second kappa shape index (κ2) is 10.1. The van der Waals surface area contributed by atoms with E-state index in [9.17, 15) is 9.59 Å². The molecule has 3 aromatic carbocycles. The van der Waals surface area contributed by atoms with Crippen LogP contribution in [0.3, 0.4) is 0 Å². The molecule has 0 aromatic heterocycles. The van der Waals surface area contributed by atoms with Gasteiger partial charge in [0.05, 0.1) is 25.4 Å². The van der Waals surface area contributed by atoms with Crippen LogP contribution in [0.4, 0.5) is 0 Å². The Kier molecular flexibility index (Phi) is 7.31. The van der Waals surface area contributed by atoms with Gasteiger partial charge in [-0.1, -0.05) is 91.0 Å². The third kappa shape index (κ3) is 4.57. The Balaban J connectivity index is 2.24. The molecule has 0 radical (unpaired) electrons. The lowest BCUT2D eigenvalue weighted by Gasteiger charge is -2.37. The molecule has 0 bridgehead atoms. The number of hydrogen-bond donors (Lipinski definition) is 0. The molecule has 0 saturated heterocycles. The average molecular weight is 421 g/mol. The highest BCUT2D eigenvalue weighted by atomic mass is 32.2. The molecule has 0 aliphatic rings. The van der Waals surface area contributed by atoms with Gasteiger partial charge in [0.1, 0.15) is 5.25 Å². The first-order valence-electron chi connectivity index (χ1n) is 9.61. The number of thioether (sulfide) groups is 1. The van der Waals surface area contributed by atoms with Crippen molar-refractivity contribution < 1.29 is 19.1 Å². The van der Waals surface area contributed by atoms with Crippen molar-refractivity contribution in [3.8, 4) is 0 Å². The summed E-state index contributed by atoms with van der Waals surface area (Å²) in [5.41, 5.74) is 3.02. The fraction of sp³-hybridized carbons (Fsp3) is 0.200. The van der Waals surface area contributed by atoms with Crippen molar-refractivity contribution in [3.63, 3.8) is 0 Å². The van der Waals surface area contributed by atoms with Gasteiger partial charge in [0, 0.05) is 0 Å². The molecule has 0 saturated carbocycles. The van der Waals surface area contributed by atoms with Gasteiger partial charge in [0.2, 0.25) is 0 Å². The van der Waals surface area contributed by atoms with Gasteiger partial charge in [-0.15, -0.1) is 11.8 Å². The molecule has 0 amide bonds. The summed E-state index contributed by atoms with van der Waals surface area (Å²) in [5.74, 6) is -0.918. The van der Waals surface area contributed by atoms with Gasteiger partial charge >= 0.3 is 11.9 Å². The second-order valence-corrected chi connectivity index (χ2v) is 8.11. The van der Waals surface area contributed by atoms with Crippen LogP contribution < -0.4 is 0 Å². The number of ether oxygens (including phenoxy) is 2. The Morgan fingerprint density at radius 2 is 1.13 bits per heavy atom. The zero-order chi connectivity index (χ0) is 21.4. The first kappa shape index (κ1) is 21.7. The molecule has 0 fully saturated rings. The molecule has 0 spiro atoms. The summed E-state index contributed by atoms with van der Waals surface area (Å²) in [6.45, 7) is 0. The quantitative estimate of drug-likeness (QED) is 0.386. The number of carbonyl (C=O) groups excluding carboxylic acids is 2. The van der Waals surface area contributed by atoms with Crippen LogP contribution >= 0.6 is 11.8 Å². The van der Waals surface area contributed by atoms with E-state index < -0.39 is 21.9 Å². The Morgan fingerprint density at radius 1 is 0.733 bits per heavy atom. The minimum atomic E-state index is -0.747. The van der Waals surface area contributed by atoms with E-state index in [0.29, 0.717) is 0 Å². The number of methoxy groups -OCH3 is 2. The van der Waals surface area contributed by atoms with E-state index >= 15 is 0 Å². The first-order valence-corrected chi connectivity index (χ1v) is 10.5. The van der Waals surface area contributed by atoms with Crippen LogP contribution in [0.25, 0.3) is 0 Å². The van der Waals surface area contributed by atoms with E-state index in [4.69, 9.17) is 9.47 Å². The van der Waals surface area contributed by atoms with Gasteiger partial charge < -0.3 is 9.47 Å². The summed E-state index contributed by atoms with van der Waals surface area (Å²) >= 11 is 1.40. The van der Waals surface area contributed by atoms with E-state index in [-0.39, 0.29) is 6.42 Å². The Hall–Kier alpha value is -3.05. The predicted molar refractivity (Wildman–Crippen MR) is 119 cm³/mol. The Labute approximate surface area is 181 Å². The Morgan fingerprint density at radius 3 is 1.47 bits per heavy atom. The molecule has 4 nitrogen and oxygen atoms in total. The number of hydrogen-bond acceptors (Lipinski definition) is 5. The van der Waals surface area contributed by atoms with Crippen LogP contribution in [0.2, 0.25) is 0 Å². The second-order valence-electron chi connectivity index (χ2n) is 6.69. The van der Waals surface area contributed by atoms with Gasteiger partial charge in [0.15, 0.2) is 0 Å². The van der Waals surface area contributed by atoms with Gasteiger partial charge in [-0.25, -0.2) is 0 Å². The molecule has 3 aromatic rings. The summed E-state index contributed by atoms with van der Waals surface area (Å²) < 4.78 is 9.17. The van der Waals surface area contributed by atoms with Crippen LogP contribution in [0.15, 0.2) is 91.0 Å². The molecule has 30 heavy (non-hydrogen) atoms. The van der Waals surface area contributed by atoms with Crippen molar-refractivity contribution in [1.82, 2.24) is 0 Å². The molecule has 0 N–H and O–H groups in total. The zero-order valence-corrected chi connectivity index (χ0v) is 17.8. The van der Waals surface area contributed by atoms with E-state index in [1.54, 1.807) is 0 Å². The summed E-state index contributed by atoms with van der Waals surface area (Å²) in [4.78, 5) is 24.8. The predicted octanol–water partition coefficient (Wildman–Crippen LogP) is 4.82. The lowest BCUT2D eigenvalue weighted by Crippen LogP contribution is -2.33. The molecule has 1 atom stereocenters. The molecular weight excluding hydrogens is 396 g/mol. The molecular formula is C25H24O4S. The van der Waals surface area contributed by atoms with Gasteiger partial charge in [-0.2, -0.15) is 0 Å². The third-order valence-corrected chi connectivity index (χ3v) is 6.61. The Bertz CT molecular complexity index is 862. The summed E-state index contributed by atoms with van der Waals surface area (Å²) in [7, 11) is 2.66. The molecule has 0 aliphatic heterocycles. The first-order chi connectivity index (χ1) is 14.6. The summed E-state index contributed by atoms with van der Waals surface area (Å²) in [5, 5.41) is -0.747. The topological polar surface area (TPSA) is 52.6 Å². The highest BCUT2D eigenvalue weighted by molar-refractivity contribution is 8.02. The lowest BCUT2D eigenvalue weighted by molar-refractivity contribution is -0.146. The fourth-order valence-electron chi connectivity index (χ4n) is 3.48. The molecule has 0 heterocycles. The molecule has 5 heteroatoms. The molecule has 154 valence electrons. The smallest absolute Gasteiger partial charge is 0.319 e. The van der Waals surface area contributed by atoms with Crippen LogP contribution in [0.1, 0.15) is 23.1 Å². The largest absolute Gasteiger partial charge is 0.469 e. The summed E-state index contributed by atoms with van der Waals surface area (Å²) in [6, 6.07) is 30.0. The van der Waals surface area contributed by atoms with Crippen LogP contribution in [0.5, 0.6) is 0 Å². The third-order valence-electron chi connectivity index (χ3n) is 4.90. The standard InChI is InChI=1S/C25H24O4S/c1-28-23(26)18-22(24(27)29-2)30-25(19-12-6-3-7-13-19,20-14-8-4-9-15-20)21-16-10-5-11-17-21/h3-17,22H,18H2,1-2H3. The lowest BCUT2D eigenvalue weighted by atomic mass is 9.84. The van der Waals surface area contributed by atoms with Gasteiger partial charge in [-0.3, -0.25) is 9.59 Å². The van der Waals surface area contributed by atoms with Crippen LogP contribution in [0, 0.1) is 0 Å². The minimum absolute atomic E-state index is 0.0813. The van der Waals surface area contributed by atoms with Crippen molar-refractivity contribution in [3.05, 3.63) is 108 Å². The molecule has 1 unspecified atom stereocenters. The highest BCUT2D eigenvalue weighted by Crippen LogP contribution is 2.50. The highest BCUT2D eigenvalue weighted by Gasteiger charge is 2.42. The van der Waals surface area contributed by atoms with Gasteiger partial charge in [-0.05, 0) is 16.7 Å².